The number of anilines is 1. The van der Waals surface area contributed by atoms with E-state index in [4.69, 9.17) is 4.74 Å². The van der Waals surface area contributed by atoms with Gasteiger partial charge < -0.3 is 15.4 Å². The van der Waals surface area contributed by atoms with Crippen molar-refractivity contribution in [3.05, 3.63) is 30.1 Å². The lowest BCUT2D eigenvalue weighted by atomic mass is 10.1. The molecule has 0 saturated heterocycles. The minimum Gasteiger partial charge on any atom is -0.383 e. The molecule has 0 fully saturated rings. The Morgan fingerprint density at radius 2 is 2.05 bits per heavy atom. The molecule has 0 saturated carbocycles. The molecule has 19 heavy (non-hydrogen) atoms. The minimum absolute atomic E-state index is 0.0939. The van der Waals surface area contributed by atoms with Crippen LogP contribution in [0.5, 0.6) is 0 Å². The number of methoxy groups -OCH3 is 1. The maximum atomic E-state index is 13.3. The quantitative estimate of drug-likeness (QED) is 0.795. The van der Waals surface area contributed by atoms with E-state index >= 15 is 0 Å². The average Bonchev–Trinajstić information content (AvgIpc) is 2.37. The predicted molar refractivity (Wildman–Crippen MR) is 73.5 cm³/mol. The van der Waals surface area contributed by atoms with Crippen molar-refractivity contribution in [2.45, 2.75) is 19.9 Å². The van der Waals surface area contributed by atoms with Crippen molar-refractivity contribution in [1.82, 2.24) is 5.32 Å². The minimum atomic E-state index is -0.437. The number of nitrogens with one attached hydrogen (secondary N) is 2. The van der Waals surface area contributed by atoms with Crippen molar-refractivity contribution in [2.75, 3.05) is 25.6 Å². The summed E-state index contributed by atoms with van der Waals surface area (Å²) in [5, 5.41) is 5.63. The van der Waals surface area contributed by atoms with Crippen molar-refractivity contribution in [2.24, 2.45) is 5.92 Å². The predicted octanol–water partition coefficient (Wildman–Crippen LogP) is 2.02. The second-order valence-electron chi connectivity index (χ2n) is 4.71. The lowest BCUT2D eigenvalue weighted by Crippen LogP contribution is -2.42. The zero-order valence-corrected chi connectivity index (χ0v) is 11.6. The maximum Gasteiger partial charge on any atom is 0.238 e. The van der Waals surface area contributed by atoms with Gasteiger partial charge in [-0.1, -0.05) is 26.0 Å². The van der Waals surface area contributed by atoms with Crippen LogP contribution in [0.1, 0.15) is 13.8 Å². The Morgan fingerprint density at radius 1 is 1.37 bits per heavy atom. The number of benzene rings is 1. The van der Waals surface area contributed by atoms with E-state index in [0.29, 0.717) is 12.5 Å². The van der Waals surface area contributed by atoms with Crippen molar-refractivity contribution >= 4 is 11.6 Å². The summed E-state index contributed by atoms with van der Waals surface area (Å²) in [5.74, 6) is -0.360. The molecule has 4 nitrogen and oxygen atoms in total. The molecule has 106 valence electrons. The Kier molecular flexibility index (Phi) is 6.45. The topological polar surface area (TPSA) is 50.4 Å². The van der Waals surface area contributed by atoms with E-state index < -0.39 is 5.82 Å². The van der Waals surface area contributed by atoms with Crippen LogP contribution in [0.15, 0.2) is 24.3 Å². The molecule has 0 aliphatic carbocycles. The summed E-state index contributed by atoms with van der Waals surface area (Å²) in [6.07, 6.45) is 0. The van der Waals surface area contributed by atoms with Crippen molar-refractivity contribution in [3.63, 3.8) is 0 Å². The van der Waals surface area contributed by atoms with Crippen molar-refractivity contribution in [3.8, 4) is 0 Å². The first kappa shape index (κ1) is 15.6. The number of amides is 1. The molecule has 5 heteroatoms. The molecule has 0 aromatic heterocycles. The zero-order chi connectivity index (χ0) is 14.3. The SMILES string of the molecule is COCC(NCC(=O)Nc1ccccc1F)C(C)C. The first-order chi connectivity index (χ1) is 9.04. The molecule has 0 heterocycles. The van der Waals surface area contributed by atoms with Crippen LogP contribution in [0.2, 0.25) is 0 Å². The Bertz CT molecular complexity index is 410. The molecule has 1 aromatic rings. The number of hydrogen-bond acceptors (Lipinski definition) is 3. The molecule has 0 spiro atoms. The van der Waals surface area contributed by atoms with Gasteiger partial charge >= 0.3 is 0 Å². The van der Waals surface area contributed by atoms with Gasteiger partial charge in [-0.15, -0.1) is 0 Å². The van der Waals surface area contributed by atoms with Crippen LogP contribution in [-0.2, 0) is 9.53 Å². The van der Waals surface area contributed by atoms with Crippen molar-refractivity contribution < 1.29 is 13.9 Å². The molecular weight excluding hydrogens is 247 g/mol. The van der Waals surface area contributed by atoms with E-state index in [0.717, 1.165) is 0 Å². The highest BCUT2D eigenvalue weighted by Crippen LogP contribution is 2.11. The Labute approximate surface area is 113 Å². The third-order valence-electron chi connectivity index (χ3n) is 2.82. The van der Waals surface area contributed by atoms with Crippen LogP contribution in [0.3, 0.4) is 0 Å². The van der Waals surface area contributed by atoms with Crippen LogP contribution in [0.4, 0.5) is 10.1 Å². The Hall–Kier alpha value is -1.46. The van der Waals surface area contributed by atoms with Gasteiger partial charge in [0, 0.05) is 13.2 Å². The fraction of sp³-hybridized carbons (Fsp3) is 0.500. The monoisotopic (exact) mass is 268 g/mol. The van der Waals surface area contributed by atoms with Gasteiger partial charge in [0.25, 0.3) is 0 Å². The summed E-state index contributed by atoms with van der Waals surface area (Å²) in [6.45, 7) is 4.75. The lowest BCUT2D eigenvalue weighted by Gasteiger charge is -2.21. The third kappa shape index (κ3) is 5.36. The molecule has 1 amide bonds. The highest BCUT2D eigenvalue weighted by atomic mass is 19.1. The van der Waals surface area contributed by atoms with Gasteiger partial charge in [-0.3, -0.25) is 4.79 Å². The number of halogens is 1. The summed E-state index contributed by atoms with van der Waals surface area (Å²) in [6, 6.07) is 6.19. The number of ether oxygens (including phenoxy) is 1. The summed E-state index contributed by atoms with van der Waals surface area (Å²) in [4.78, 5) is 11.7. The molecule has 1 atom stereocenters. The van der Waals surface area contributed by atoms with E-state index in [9.17, 15) is 9.18 Å². The fourth-order valence-corrected chi connectivity index (χ4v) is 1.65. The molecular formula is C14H21FN2O2. The second kappa shape index (κ2) is 7.86. The number of carbonyl (C=O) groups is 1. The molecule has 0 radical (unpaired) electrons. The summed E-state index contributed by atoms with van der Waals surface area (Å²) < 4.78 is 18.4. The molecule has 0 bridgehead atoms. The highest BCUT2D eigenvalue weighted by Gasteiger charge is 2.14. The highest BCUT2D eigenvalue weighted by molar-refractivity contribution is 5.92. The van der Waals surface area contributed by atoms with E-state index in [2.05, 4.69) is 10.6 Å². The standard InChI is InChI=1S/C14H21FN2O2/c1-10(2)13(9-19-3)16-8-14(18)17-12-7-5-4-6-11(12)15/h4-7,10,13,16H,8-9H2,1-3H3,(H,17,18). The van der Waals surface area contributed by atoms with E-state index in [1.165, 1.54) is 12.1 Å². The first-order valence-electron chi connectivity index (χ1n) is 6.31. The molecule has 0 aliphatic rings. The van der Waals surface area contributed by atoms with Crippen LogP contribution in [0.25, 0.3) is 0 Å². The second-order valence-corrected chi connectivity index (χ2v) is 4.71. The molecule has 1 rings (SSSR count). The number of hydrogen-bond donors (Lipinski definition) is 2. The number of rotatable bonds is 7. The smallest absolute Gasteiger partial charge is 0.238 e. The van der Waals surface area contributed by atoms with Crippen LogP contribution in [0, 0.1) is 11.7 Å². The summed E-state index contributed by atoms with van der Waals surface area (Å²) in [5.41, 5.74) is 0.196. The van der Waals surface area contributed by atoms with Crippen LogP contribution in [-0.4, -0.2) is 32.2 Å². The van der Waals surface area contributed by atoms with Gasteiger partial charge in [-0.2, -0.15) is 0 Å². The maximum absolute atomic E-state index is 13.3. The molecule has 0 aliphatic heterocycles. The first-order valence-corrected chi connectivity index (χ1v) is 6.31. The third-order valence-corrected chi connectivity index (χ3v) is 2.82. The number of carbonyl (C=O) groups excluding carboxylic acids is 1. The normalized spacial score (nSPS) is 12.5. The van der Waals surface area contributed by atoms with Gasteiger partial charge in [0.05, 0.1) is 18.8 Å². The summed E-state index contributed by atoms with van der Waals surface area (Å²) >= 11 is 0. The Morgan fingerprint density at radius 3 is 2.63 bits per heavy atom. The average molecular weight is 268 g/mol. The molecule has 1 aromatic carbocycles. The van der Waals surface area contributed by atoms with Crippen LogP contribution < -0.4 is 10.6 Å². The largest absolute Gasteiger partial charge is 0.383 e. The van der Waals surface area contributed by atoms with Crippen molar-refractivity contribution in [1.29, 1.82) is 0 Å². The molecule has 2 N–H and O–H groups in total. The number of para-hydroxylation sites is 1. The lowest BCUT2D eigenvalue weighted by molar-refractivity contribution is -0.115. The van der Waals surface area contributed by atoms with Gasteiger partial charge in [0.1, 0.15) is 5.82 Å². The van der Waals surface area contributed by atoms with E-state index in [-0.39, 0.29) is 24.2 Å². The van der Waals surface area contributed by atoms with Gasteiger partial charge in [0.2, 0.25) is 5.91 Å². The van der Waals surface area contributed by atoms with Gasteiger partial charge in [-0.25, -0.2) is 4.39 Å². The Balaban J connectivity index is 2.45. The summed E-state index contributed by atoms with van der Waals surface area (Å²) in [7, 11) is 1.62. The van der Waals surface area contributed by atoms with Gasteiger partial charge in [-0.05, 0) is 18.1 Å². The van der Waals surface area contributed by atoms with E-state index in [1.54, 1.807) is 19.2 Å². The molecule has 1 unspecified atom stereocenters. The van der Waals surface area contributed by atoms with E-state index in [1.807, 2.05) is 13.8 Å². The van der Waals surface area contributed by atoms with Gasteiger partial charge in [0.15, 0.2) is 0 Å². The van der Waals surface area contributed by atoms with Crippen LogP contribution >= 0.6 is 0 Å². The zero-order valence-electron chi connectivity index (χ0n) is 11.6. The fourth-order valence-electron chi connectivity index (χ4n) is 1.65.